The number of nitrogens with one attached hydrogen (secondary N) is 1. The molecule has 1 fully saturated rings. The third-order valence-electron chi connectivity index (χ3n) is 3.92. The van der Waals surface area contributed by atoms with E-state index < -0.39 is 43.1 Å². The summed E-state index contributed by atoms with van der Waals surface area (Å²) < 4.78 is 82.5. The summed E-state index contributed by atoms with van der Waals surface area (Å²) in [4.78, 5) is 12.6. The minimum Gasteiger partial charge on any atom is -0.434 e. The maximum absolute atomic E-state index is 12.6. The van der Waals surface area contributed by atoms with E-state index in [1.807, 2.05) is 0 Å². The molecule has 1 aromatic heterocycles. The summed E-state index contributed by atoms with van der Waals surface area (Å²) in [5.74, 6) is -1.65. The second kappa shape index (κ2) is 7.74. The van der Waals surface area contributed by atoms with Crippen molar-refractivity contribution >= 4 is 11.6 Å². The van der Waals surface area contributed by atoms with Crippen LogP contribution in [0.15, 0.2) is 24.4 Å². The fourth-order valence-electron chi connectivity index (χ4n) is 2.62. The number of aromatic nitrogens is 2. The number of carbonyl (C=O) groups is 1. The van der Waals surface area contributed by atoms with Crippen molar-refractivity contribution < 1.29 is 39.3 Å². The van der Waals surface area contributed by atoms with Crippen molar-refractivity contribution in [2.45, 2.75) is 44.7 Å². The minimum atomic E-state index is -4.53. The van der Waals surface area contributed by atoms with Crippen molar-refractivity contribution in [3.05, 3.63) is 41.2 Å². The van der Waals surface area contributed by atoms with Crippen molar-refractivity contribution in [1.82, 2.24) is 9.78 Å². The van der Waals surface area contributed by atoms with E-state index in [2.05, 4.69) is 15.2 Å². The number of anilines is 1. The normalized spacial score (nSPS) is 16.0. The smallest absolute Gasteiger partial charge is 0.408 e. The predicted octanol–water partition coefficient (Wildman–Crippen LogP) is 3.67. The van der Waals surface area contributed by atoms with Crippen LogP contribution in [0.1, 0.15) is 43.1 Å². The molecule has 11 heteroatoms. The molecule has 1 aliphatic rings. The monoisotopic (exact) mass is 407 g/mol. The highest BCUT2D eigenvalue weighted by Gasteiger charge is 2.34. The number of aliphatic hydroxyl groups is 1. The lowest BCUT2D eigenvalue weighted by molar-refractivity contribution is -0.142. The number of hydrogen-bond acceptors (Lipinski definition) is 4. The van der Waals surface area contributed by atoms with Crippen LogP contribution in [0.25, 0.3) is 0 Å². The summed E-state index contributed by atoms with van der Waals surface area (Å²) >= 11 is 0. The van der Waals surface area contributed by atoms with Gasteiger partial charge in [0.2, 0.25) is 0 Å². The molecule has 2 N–H and O–H groups in total. The van der Waals surface area contributed by atoms with Crippen LogP contribution in [0.5, 0.6) is 5.75 Å². The average molecular weight is 407 g/mol. The molecule has 6 nitrogen and oxygen atoms in total. The molecule has 1 saturated carbocycles. The lowest BCUT2D eigenvalue weighted by atomic mass is 10.1. The summed E-state index contributed by atoms with van der Waals surface area (Å²) in [6.45, 7) is -7.67. The molecular weight excluding hydrogens is 389 g/mol. The van der Waals surface area contributed by atoms with Crippen LogP contribution < -0.4 is 10.1 Å². The topological polar surface area (TPSA) is 76.4 Å². The van der Waals surface area contributed by atoms with Crippen LogP contribution in [0.3, 0.4) is 0 Å². The Kier molecular flexibility index (Phi) is 4.81. The quantitative estimate of drug-likeness (QED) is 0.687. The fourth-order valence-corrected chi connectivity index (χ4v) is 2.62. The van der Waals surface area contributed by atoms with Gasteiger partial charge in [-0.1, -0.05) is 6.07 Å². The highest BCUT2D eigenvalue weighted by molar-refractivity contribution is 6.05. The summed E-state index contributed by atoms with van der Waals surface area (Å²) in [7, 11) is 0. The summed E-state index contributed by atoms with van der Waals surface area (Å²) in [6, 6.07) is 2.96. The highest BCUT2D eigenvalue weighted by Crippen LogP contribution is 2.41. The lowest BCUT2D eigenvalue weighted by Crippen LogP contribution is -2.18. The van der Waals surface area contributed by atoms with Gasteiger partial charge in [0, 0.05) is 29.4 Å². The Morgan fingerprint density at radius 3 is 2.71 bits per heavy atom. The molecule has 1 heterocycles. The number of alkyl halides is 5. The molecule has 3 rings (SSSR count). The van der Waals surface area contributed by atoms with Crippen molar-refractivity contribution in [1.29, 1.82) is 0 Å². The van der Waals surface area contributed by atoms with E-state index in [1.165, 1.54) is 0 Å². The maximum atomic E-state index is 12.6. The summed E-state index contributed by atoms with van der Waals surface area (Å²) in [5, 5.41) is 15.7. The van der Waals surface area contributed by atoms with Crippen LogP contribution in [0.2, 0.25) is 0 Å². The zero-order chi connectivity index (χ0) is 22.3. The average Bonchev–Trinajstić information content (AvgIpc) is 3.33. The van der Waals surface area contributed by atoms with E-state index in [1.54, 1.807) is 0 Å². The molecule has 0 atom stereocenters. The van der Waals surface area contributed by atoms with E-state index in [-0.39, 0.29) is 22.9 Å². The Morgan fingerprint density at radius 1 is 1.43 bits per heavy atom. The van der Waals surface area contributed by atoms with Gasteiger partial charge < -0.3 is 15.2 Å². The molecule has 2 aromatic rings. The van der Waals surface area contributed by atoms with E-state index in [9.17, 15) is 31.9 Å². The number of benzene rings is 1. The third kappa shape index (κ3) is 4.97. The van der Waals surface area contributed by atoms with Gasteiger partial charge in [-0.05, 0) is 18.9 Å². The number of ether oxygens (including phenoxy) is 1. The summed E-state index contributed by atoms with van der Waals surface area (Å²) in [6.07, 6.45) is -2.21. The van der Waals surface area contributed by atoms with Crippen molar-refractivity contribution in [2.24, 2.45) is 0 Å². The van der Waals surface area contributed by atoms with Gasteiger partial charge in [-0.15, -0.1) is 0 Å². The number of amides is 1. The van der Waals surface area contributed by atoms with Gasteiger partial charge in [-0.2, -0.15) is 27.1 Å². The van der Waals surface area contributed by atoms with Gasteiger partial charge in [0.25, 0.3) is 5.91 Å². The molecule has 0 unspecified atom stereocenters. The van der Waals surface area contributed by atoms with Crippen LogP contribution >= 0.6 is 0 Å². The Hall–Kier alpha value is -2.69. The molecule has 0 spiro atoms. The number of nitrogens with zero attached hydrogens (tertiary/aromatic N) is 2. The van der Waals surface area contributed by atoms with E-state index in [4.69, 9.17) is 2.74 Å². The van der Waals surface area contributed by atoms with Gasteiger partial charge in [-0.25, -0.2) is 0 Å². The first-order valence-corrected chi connectivity index (χ1v) is 8.10. The number of carbonyl (C=O) groups excluding carboxylic acids is 1. The first-order chi connectivity index (χ1) is 13.8. The highest BCUT2D eigenvalue weighted by atomic mass is 19.4. The van der Waals surface area contributed by atoms with Crippen LogP contribution in [0.4, 0.5) is 27.6 Å². The molecule has 0 saturated heterocycles. The third-order valence-corrected chi connectivity index (χ3v) is 3.92. The van der Waals surface area contributed by atoms with Gasteiger partial charge in [0.1, 0.15) is 12.3 Å². The van der Waals surface area contributed by atoms with Crippen LogP contribution in [-0.2, 0) is 13.1 Å². The molecule has 1 aliphatic carbocycles. The zero-order valence-electron chi connectivity index (χ0n) is 16.1. The number of halogens is 5. The van der Waals surface area contributed by atoms with Gasteiger partial charge in [-0.3, -0.25) is 9.48 Å². The van der Waals surface area contributed by atoms with Gasteiger partial charge in [0.05, 0.1) is 20.6 Å². The summed E-state index contributed by atoms with van der Waals surface area (Å²) in [5.41, 5.74) is -0.546. The Labute approximate surface area is 158 Å². The fraction of sp³-hybridized carbons (Fsp3) is 0.412. The molecule has 0 aliphatic heterocycles. The largest absolute Gasteiger partial charge is 0.434 e. The standard InChI is InChI=1S/C17H16F5N3O3/c18-16(19)28-13-5-11(4-3-10(13)7-26)23-15(27)12-6-25(8-17(20,21)22)24-14(12)9-1-2-9/h3-6,9,16,26H,1-2,7-8H2,(H,23,27)/i7D2. The second-order valence-corrected chi connectivity index (χ2v) is 6.17. The zero-order valence-corrected chi connectivity index (χ0v) is 14.1. The molecule has 152 valence electrons. The van der Waals surface area contributed by atoms with Crippen LogP contribution in [0, 0.1) is 0 Å². The Morgan fingerprint density at radius 2 is 2.14 bits per heavy atom. The van der Waals surface area contributed by atoms with E-state index in [0.29, 0.717) is 17.5 Å². The Bertz CT molecular complexity index is 940. The maximum Gasteiger partial charge on any atom is 0.408 e. The second-order valence-electron chi connectivity index (χ2n) is 6.17. The number of rotatable bonds is 7. The van der Waals surface area contributed by atoms with Gasteiger partial charge in [0.15, 0.2) is 0 Å². The van der Waals surface area contributed by atoms with Crippen molar-refractivity contribution in [3.63, 3.8) is 0 Å². The SMILES string of the molecule is [2H]C([2H])(O)c1ccc(NC(=O)c2cn(CC(F)(F)F)nc2C2CC2)cc1OC(F)F. The first kappa shape index (κ1) is 17.4. The van der Waals surface area contributed by atoms with E-state index in [0.717, 1.165) is 24.4 Å². The minimum absolute atomic E-state index is 0.0837. The molecule has 0 radical (unpaired) electrons. The number of hydrogen-bond donors (Lipinski definition) is 2. The first-order valence-electron chi connectivity index (χ1n) is 9.10. The predicted molar refractivity (Wildman–Crippen MR) is 87.2 cm³/mol. The molecular formula is C17H16F5N3O3. The Balaban J connectivity index is 1.87. The molecule has 28 heavy (non-hydrogen) atoms. The molecule has 0 bridgehead atoms. The molecule has 1 aromatic carbocycles. The van der Waals surface area contributed by atoms with Crippen molar-refractivity contribution in [3.8, 4) is 5.75 Å². The van der Waals surface area contributed by atoms with Gasteiger partial charge >= 0.3 is 12.8 Å². The molecule has 1 amide bonds. The van der Waals surface area contributed by atoms with Crippen molar-refractivity contribution in [2.75, 3.05) is 5.32 Å². The van der Waals surface area contributed by atoms with E-state index >= 15 is 0 Å². The van der Waals surface area contributed by atoms with Crippen LogP contribution in [-0.4, -0.2) is 33.6 Å². The lowest BCUT2D eigenvalue weighted by Gasteiger charge is -2.12.